The number of nitrogens with one attached hydrogen (secondary N) is 2. The average molecular weight is 377 g/mol. The number of hydrogen-bond acceptors (Lipinski definition) is 4. The number of anilines is 1. The van der Waals surface area contributed by atoms with E-state index in [1.807, 2.05) is 0 Å². The maximum Gasteiger partial charge on any atom is 0.295 e. The monoisotopic (exact) mass is 377 g/mol. The van der Waals surface area contributed by atoms with E-state index in [1.165, 1.54) is 28.9 Å². The molecule has 3 aromatic rings. The van der Waals surface area contributed by atoms with E-state index < -0.39 is 11.8 Å². The molecule has 0 saturated carbocycles. The van der Waals surface area contributed by atoms with Crippen LogP contribution in [0.25, 0.3) is 5.69 Å². The maximum absolute atomic E-state index is 13.1. The summed E-state index contributed by atoms with van der Waals surface area (Å²) in [5.74, 6) is 1.32. The second-order valence-electron chi connectivity index (χ2n) is 5.76. The molecular weight excluding hydrogens is 361 g/mol. The molecule has 0 atom stereocenters. The normalized spacial score (nSPS) is 10.2. The van der Waals surface area contributed by atoms with Crippen molar-refractivity contribution in [2.75, 3.05) is 11.9 Å². The first-order valence-corrected chi connectivity index (χ1v) is 8.31. The Morgan fingerprint density at radius 3 is 2.57 bits per heavy atom. The molecule has 7 nitrogen and oxygen atoms in total. The van der Waals surface area contributed by atoms with Crippen LogP contribution in [-0.2, 0) is 0 Å². The van der Waals surface area contributed by atoms with Crippen LogP contribution in [0.3, 0.4) is 0 Å². The summed E-state index contributed by atoms with van der Waals surface area (Å²) in [7, 11) is 0. The van der Waals surface area contributed by atoms with Crippen LogP contribution in [0.5, 0.6) is 0 Å². The van der Waals surface area contributed by atoms with Gasteiger partial charge in [0.15, 0.2) is 0 Å². The third-order valence-corrected chi connectivity index (χ3v) is 3.81. The largest absolute Gasteiger partial charge is 0.341 e. The van der Waals surface area contributed by atoms with Gasteiger partial charge in [-0.2, -0.15) is 0 Å². The molecule has 2 amide bonds. The molecule has 0 fully saturated rings. The number of aryl methyl sites for hydroxylation is 1. The van der Waals surface area contributed by atoms with Gasteiger partial charge in [0.05, 0.1) is 23.5 Å². The Bertz CT molecular complexity index is 1070. The molecule has 0 bridgehead atoms. The average Bonchev–Trinajstić information content (AvgIpc) is 3.09. The first-order chi connectivity index (χ1) is 13.5. The second kappa shape index (κ2) is 8.14. The lowest BCUT2D eigenvalue weighted by Crippen LogP contribution is -2.25. The smallest absolute Gasteiger partial charge is 0.295 e. The first kappa shape index (κ1) is 18.8. The number of hydrogen-bond donors (Lipinski definition) is 2. The Kier molecular flexibility index (Phi) is 5.46. The fourth-order valence-corrected chi connectivity index (χ4v) is 2.51. The lowest BCUT2D eigenvalue weighted by molar-refractivity contribution is 0.0959. The van der Waals surface area contributed by atoms with E-state index in [1.54, 1.807) is 31.2 Å². The highest BCUT2D eigenvalue weighted by atomic mass is 19.1. The number of aromatic nitrogens is 3. The zero-order valence-electron chi connectivity index (χ0n) is 14.9. The van der Waals surface area contributed by atoms with Crippen molar-refractivity contribution in [1.82, 2.24) is 20.1 Å². The Hall–Kier alpha value is -3.99. The SMILES string of the molecule is C#CCNC(=O)c1ccccc1NC(=O)c1nc(C)n(-c2ccc(F)cc2)n1. The predicted molar refractivity (Wildman–Crippen MR) is 102 cm³/mol. The van der Waals surface area contributed by atoms with Gasteiger partial charge in [-0.25, -0.2) is 14.1 Å². The first-order valence-electron chi connectivity index (χ1n) is 8.31. The van der Waals surface area contributed by atoms with Crippen LogP contribution in [0, 0.1) is 25.1 Å². The molecule has 3 rings (SSSR count). The van der Waals surface area contributed by atoms with E-state index in [4.69, 9.17) is 6.42 Å². The number of amides is 2. The summed E-state index contributed by atoms with van der Waals surface area (Å²) in [4.78, 5) is 28.9. The summed E-state index contributed by atoms with van der Waals surface area (Å²) >= 11 is 0. The van der Waals surface area contributed by atoms with Crippen molar-refractivity contribution in [1.29, 1.82) is 0 Å². The number of rotatable bonds is 5. The van der Waals surface area contributed by atoms with Crippen molar-refractivity contribution < 1.29 is 14.0 Å². The molecule has 2 N–H and O–H groups in total. The lowest BCUT2D eigenvalue weighted by atomic mass is 10.1. The van der Waals surface area contributed by atoms with E-state index in [0.717, 1.165) is 0 Å². The fraction of sp³-hybridized carbons (Fsp3) is 0.100. The van der Waals surface area contributed by atoms with Crippen molar-refractivity contribution in [3.8, 4) is 18.0 Å². The zero-order chi connectivity index (χ0) is 20.1. The number of halogens is 1. The molecule has 0 spiro atoms. The summed E-state index contributed by atoms with van der Waals surface area (Å²) in [5, 5.41) is 9.36. The second-order valence-corrected chi connectivity index (χ2v) is 5.76. The minimum absolute atomic E-state index is 0.0734. The summed E-state index contributed by atoms with van der Waals surface area (Å²) in [6.45, 7) is 1.75. The summed E-state index contributed by atoms with van der Waals surface area (Å²) < 4.78 is 14.5. The molecule has 0 saturated heterocycles. The molecule has 140 valence electrons. The molecule has 0 unspecified atom stereocenters. The number of benzene rings is 2. The van der Waals surface area contributed by atoms with Gasteiger partial charge < -0.3 is 10.6 Å². The molecular formula is C20H16FN5O2. The van der Waals surface area contributed by atoms with Gasteiger partial charge >= 0.3 is 0 Å². The number of carbonyl (C=O) groups excluding carboxylic acids is 2. The highest BCUT2D eigenvalue weighted by molar-refractivity contribution is 6.07. The molecule has 1 aromatic heterocycles. The van der Waals surface area contributed by atoms with Crippen LogP contribution in [0.15, 0.2) is 48.5 Å². The van der Waals surface area contributed by atoms with Crippen LogP contribution in [0.2, 0.25) is 0 Å². The molecule has 8 heteroatoms. The van der Waals surface area contributed by atoms with Gasteiger partial charge in [0.2, 0.25) is 5.82 Å². The van der Waals surface area contributed by atoms with Crippen molar-refractivity contribution in [3.63, 3.8) is 0 Å². The van der Waals surface area contributed by atoms with Gasteiger partial charge in [-0.3, -0.25) is 9.59 Å². The van der Waals surface area contributed by atoms with E-state index in [2.05, 4.69) is 26.6 Å². The topological polar surface area (TPSA) is 88.9 Å². The van der Waals surface area contributed by atoms with Crippen molar-refractivity contribution in [2.45, 2.75) is 6.92 Å². The third kappa shape index (κ3) is 4.04. The highest BCUT2D eigenvalue weighted by Crippen LogP contribution is 2.16. The number of para-hydroxylation sites is 1. The Morgan fingerprint density at radius 1 is 1.14 bits per heavy atom. The standard InChI is InChI=1S/C20H16FN5O2/c1-3-12-22-19(27)16-6-4-5-7-17(16)24-20(28)18-23-13(2)26(25-18)15-10-8-14(21)9-11-15/h1,4-11H,12H2,2H3,(H,22,27)(H,24,28). The predicted octanol–water partition coefficient (Wildman–Crippen LogP) is 2.33. The van der Waals surface area contributed by atoms with Gasteiger partial charge in [-0.15, -0.1) is 11.5 Å². The molecule has 1 heterocycles. The minimum atomic E-state index is -0.582. The van der Waals surface area contributed by atoms with Crippen molar-refractivity contribution >= 4 is 17.5 Å². The van der Waals surface area contributed by atoms with Gasteiger partial charge in [-0.1, -0.05) is 18.1 Å². The van der Waals surface area contributed by atoms with E-state index in [-0.39, 0.29) is 23.7 Å². The van der Waals surface area contributed by atoms with Gasteiger partial charge in [0.1, 0.15) is 11.6 Å². The van der Waals surface area contributed by atoms with Crippen LogP contribution in [0.1, 0.15) is 26.8 Å². The van der Waals surface area contributed by atoms with Gasteiger partial charge in [0.25, 0.3) is 11.8 Å². The molecule has 0 radical (unpaired) electrons. The van der Waals surface area contributed by atoms with Crippen LogP contribution < -0.4 is 10.6 Å². The van der Waals surface area contributed by atoms with E-state index >= 15 is 0 Å². The quantitative estimate of drug-likeness (QED) is 0.668. The maximum atomic E-state index is 13.1. The van der Waals surface area contributed by atoms with Crippen molar-refractivity contribution in [2.24, 2.45) is 0 Å². The Morgan fingerprint density at radius 2 is 1.86 bits per heavy atom. The summed E-state index contributed by atoms with van der Waals surface area (Å²) in [5.41, 5.74) is 1.14. The molecule has 0 aliphatic heterocycles. The molecule has 0 aliphatic carbocycles. The summed E-state index contributed by atoms with van der Waals surface area (Å²) in [6.07, 6.45) is 5.15. The minimum Gasteiger partial charge on any atom is -0.341 e. The number of nitrogens with zero attached hydrogens (tertiary/aromatic N) is 3. The Balaban J connectivity index is 1.83. The molecule has 2 aromatic carbocycles. The Labute approximate surface area is 160 Å². The van der Waals surface area contributed by atoms with Crippen LogP contribution >= 0.6 is 0 Å². The fourth-order valence-electron chi connectivity index (χ4n) is 2.51. The molecule has 0 aliphatic rings. The molecule has 28 heavy (non-hydrogen) atoms. The van der Waals surface area contributed by atoms with Crippen molar-refractivity contribution in [3.05, 3.63) is 71.6 Å². The van der Waals surface area contributed by atoms with Crippen LogP contribution in [-0.4, -0.2) is 33.1 Å². The number of terminal acetylenes is 1. The number of carbonyl (C=O) groups is 2. The lowest BCUT2D eigenvalue weighted by Gasteiger charge is -2.09. The highest BCUT2D eigenvalue weighted by Gasteiger charge is 2.18. The van der Waals surface area contributed by atoms with E-state index in [0.29, 0.717) is 17.2 Å². The van der Waals surface area contributed by atoms with Gasteiger partial charge in [-0.05, 0) is 43.3 Å². The zero-order valence-corrected chi connectivity index (χ0v) is 14.9. The van der Waals surface area contributed by atoms with E-state index in [9.17, 15) is 14.0 Å². The van der Waals surface area contributed by atoms with Gasteiger partial charge in [0, 0.05) is 0 Å². The third-order valence-electron chi connectivity index (χ3n) is 3.81. The van der Waals surface area contributed by atoms with Crippen LogP contribution in [0.4, 0.5) is 10.1 Å². The summed E-state index contributed by atoms with van der Waals surface area (Å²) in [6, 6.07) is 12.2.